The standard InChI is InChI=1S/C9H4Cl2N4/c10-5-1-2-7-6(3-5)8(14-15-12)4-9(11)13-7/h1-4H. The second-order valence-electron chi connectivity index (χ2n) is 2.82. The summed E-state index contributed by atoms with van der Waals surface area (Å²) in [6.07, 6.45) is 0. The van der Waals surface area contributed by atoms with E-state index in [4.69, 9.17) is 28.7 Å². The second kappa shape index (κ2) is 3.95. The lowest BCUT2D eigenvalue weighted by atomic mass is 10.2. The van der Waals surface area contributed by atoms with Crippen molar-refractivity contribution in [2.24, 2.45) is 5.11 Å². The van der Waals surface area contributed by atoms with Gasteiger partial charge in [0.1, 0.15) is 5.15 Å². The van der Waals surface area contributed by atoms with E-state index in [1.807, 2.05) is 0 Å². The Morgan fingerprint density at radius 2 is 2.07 bits per heavy atom. The van der Waals surface area contributed by atoms with Crippen LogP contribution in [0.5, 0.6) is 0 Å². The molecule has 1 aromatic carbocycles. The minimum atomic E-state index is 0.284. The summed E-state index contributed by atoms with van der Waals surface area (Å²) < 4.78 is 0. The first-order valence-electron chi connectivity index (χ1n) is 4.01. The monoisotopic (exact) mass is 238 g/mol. The van der Waals surface area contributed by atoms with Crippen molar-refractivity contribution < 1.29 is 0 Å². The predicted octanol–water partition coefficient (Wildman–Crippen LogP) is 4.48. The topological polar surface area (TPSA) is 61.7 Å². The van der Waals surface area contributed by atoms with Crippen LogP contribution in [0.25, 0.3) is 21.3 Å². The Kier molecular flexibility index (Phi) is 2.64. The molecule has 0 N–H and O–H groups in total. The zero-order chi connectivity index (χ0) is 10.8. The summed E-state index contributed by atoms with van der Waals surface area (Å²) in [5.74, 6) is 0. The van der Waals surface area contributed by atoms with Crippen molar-refractivity contribution in [2.45, 2.75) is 0 Å². The number of azide groups is 1. The number of hydrogen-bond acceptors (Lipinski definition) is 2. The maximum atomic E-state index is 8.40. The molecular formula is C9H4Cl2N4. The van der Waals surface area contributed by atoms with Crippen molar-refractivity contribution in [3.8, 4) is 0 Å². The van der Waals surface area contributed by atoms with Crippen LogP contribution in [0.1, 0.15) is 0 Å². The Bertz CT molecular complexity index is 576. The molecule has 0 amide bonds. The van der Waals surface area contributed by atoms with Gasteiger partial charge in [0.05, 0.1) is 5.52 Å². The largest absolute Gasteiger partial charge is 0.236 e. The average Bonchev–Trinajstić information content (AvgIpc) is 2.19. The van der Waals surface area contributed by atoms with Gasteiger partial charge in [0.25, 0.3) is 0 Å². The molecule has 0 spiro atoms. The molecule has 1 aromatic heterocycles. The molecule has 0 aliphatic heterocycles. The lowest BCUT2D eigenvalue weighted by Gasteiger charge is -2.02. The van der Waals surface area contributed by atoms with Crippen LogP contribution < -0.4 is 0 Å². The molecule has 0 atom stereocenters. The van der Waals surface area contributed by atoms with Crippen LogP contribution in [0, 0.1) is 0 Å². The summed E-state index contributed by atoms with van der Waals surface area (Å²) >= 11 is 11.6. The zero-order valence-electron chi connectivity index (χ0n) is 7.35. The summed E-state index contributed by atoms with van der Waals surface area (Å²) in [6.45, 7) is 0. The van der Waals surface area contributed by atoms with Crippen molar-refractivity contribution in [1.82, 2.24) is 4.98 Å². The van der Waals surface area contributed by atoms with Crippen LogP contribution in [-0.4, -0.2) is 4.98 Å². The third-order valence-corrected chi connectivity index (χ3v) is 2.30. The van der Waals surface area contributed by atoms with Gasteiger partial charge in [0.15, 0.2) is 0 Å². The molecule has 74 valence electrons. The third-order valence-electron chi connectivity index (χ3n) is 1.87. The SMILES string of the molecule is [N-]=[N+]=Nc1cc(Cl)nc2ccc(Cl)cc12. The van der Waals surface area contributed by atoms with E-state index in [0.717, 1.165) is 0 Å². The summed E-state index contributed by atoms with van der Waals surface area (Å²) in [6, 6.07) is 6.61. The zero-order valence-corrected chi connectivity index (χ0v) is 8.87. The maximum Gasteiger partial charge on any atom is 0.130 e. The molecule has 0 fully saturated rings. The Balaban J connectivity index is 2.87. The van der Waals surface area contributed by atoms with Gasteiger partial charge in [-0.15, -0.1) is 0 Å². The Morgan fingerprint density at radius 1 is 1.27 bits per heavy atom. The minimum Gasteiger partial charge on any atom is -0.236 e. The van der Waals surface area contributed by atoms with Crippen molar-refractivity contribution in [1.29, 1.82) is 0 Å². The van der Waals surface area contributed by atoms with E-state index in [2.05, 4.69) is 15.0 Å². The summed E-state index contributed by atoms with van der Waals surface area (Å²) in [7, 11) is 0. The number of pyridine rings is 1. The molecule has 4 nitrogen and oxygen atoms in total. The number of fused-ring (bicyclic) bond motifs is 1. The molecule has 0 aliphatic rings. The molecular weight excluding hydrogens is 235 g/mol. The van der Waals surface area contributed by atoms with Gasteiger partial charge >= 0.3 is 0 Å². The molecule has 0 saturated heterocycles. The number of benzene rings is 1. The molecule has 6 heteroatoms. The van der Waals surface area contributed by atoms with E-state index in [1.165, 1.54) is 6.07 Å². The quantitative estimate of drug-likeness (QED) is 0.313. The predicted molar refractivity (Wildman–Crippen MR) is 60.6 cm³/mol. The highest BCUT2D eigenvalue weighted by Gasteiger charge is 2.03. The molecule has 0 radical (unpaired) electrons. The highest BCUT2D eigenvalue weighted by molar-refractivity contribution is 6.32. The van der Waals surface area contributed by atoms with E-state index >= 15 is 0 Å². The van der Waals surface area contributed by atoms with Gasteiger partial charge in [-0.25, -0.2) is 4.98 Å². The first-order chi connectivity index (χ1) is 7.20. The molecule has 0 saturated carbocycles. The third kappa shape index (κ3) is 1.97. The molecule has 0 bridgehead atoms. The number of rotatable bonds is 1. The molecule has 0 aliphatic carbocycles. The first-order valence-corrected chi connectivity index (χ1v) is 4.77. The van der Waals surface area contributed by atoms with Gasteiger partial charge in [-0.2, -0.15) is 0 Å². The Hall–Kier alpha value is -1.48. The lowest BCUT2D eigenvalue weighted by Crippen LogP contribution is -1.80. The molecule has 2 rings (SSSR count). The molecule has 1 heterocycles. The van der Waals surface area contributed by atoms with Crippen molar-refractivity contribution in [3.05, 3.63) is 44.9 Å². The minimum absolute atomic E-state index is 0.284. The Labute approximate surface area is 95.1 Å². The van der Waals surface area contributed by atoms with E-state index in [1.54, 1.807) is 18.2 Å². The summed E-state index contributed by atoms with van der Waals surface area (Å²) in [5.41, 5.74) is 9.47. The highest BCUT2D eigenvalue weighted by atomic mass is 35.5. The van der Waals surface area contributed by atoms with E-state index in [-0.39, 0.29) is 5.15 Å². The maximum absolute atomic E-state index is 8.40. The van der Waals surface area contributed by atoms with Gasteiger partial charge in [-0.1, -0.05) is 28.3 Å². The van der Waals surface area contributed by atoms with E-state index < -0.39 is 0 Å². The van der Waals surface area contributed by atoms with Crippen molar-refractivity contribution in [3.63, 3.8) is 0 Å². The molecule has 0 unspecified atom stereocenters. The second-order valence-corrected chi connectivity index (χ2v) is 3.64. The average molecular weight is 239 g/mol. The normalized spacial score (nSPS) is 10.0. The fourth-order valence-corrected chi connectivity index (χ4v) is 1.65. The lowest BCUT2D eigenvalue weighted by molar-refractivity contribution is 1.38. The van der Waals surface area contributed by atoms with Crippen molar-refractivity contribution in [2.75, 3.05) is 0 Å². The smallest absolute Gasteiger partial charge is 0.130 e. The fraction of sp³-hybridized carbons (Fsp3) is 0. The van der Waals surface area contributed by atoms with Crippen LogP contribution in [0.15, 0.2) is 29.4 Å². The molecule has 15 heavy (non-hydrogen) atoms. The number of nitrogens with zero attached hydrogens (tertiary/aromatic N) is 4. The van der Waals surface area contributed by atoms with Crippen LogP contribution in [0.3, 0.4) is 0 Å². The van der Waals surface area contributed by atoms with Gasteiger partial charge in [0, 0.05) is 21.0 Å². The Morgan fingerprint density at radius 3 is 2.80 bits per heavy atom. The number of aromatic nitrogens is 1. The summed E-state index contributed by atoms with van der Waals surface area (Å²) in [5, 5.41) is 5.06. The van der Waals surface area contributed by atoms with Crippen LogP contribution in [0.2, 0.25) is 10.2 Å². The molecule has 2 aromatic rings. The fourth-order valence-electron chi connectivity index (χ4n) is 1.28. The van der Waals surface area contributed by atoms with E-state index in [0.29, 0.717) is 21.6 Å². The van der Waals surface area contributed by atoms with E-state index in [9.17, 15) is 0 Å². The van der Waals surface area contributed by atoms with Crippen LogP contribution >= 0.6 is 23.2 Å². The van der Waals surface area contributed by atoms with Crippen LogP contribution in [-0.2, 0) is 0 Å². The van der Waals surface area contributed by atoms with Gasteiger partial charge in [0.2, 0.25) is 0 Å². The highest BCUT2D eigenvalue weighted by Crippen LogP contribution is 2.29. The number of halogens is 2. The van der Waals surface area contributed by atoms with Gasteiger partial charge in [-0.3, -0.25) is 0 Å². The van der Waals surface area contributed by atoms with Crippen LogP contribution in [0.4, 0.5) is 5.69 Å². The summed E-state index contributed by atoms with van der Waals surface area (Å²) in [4.78, 5) is 6.81. The van der Waals surface area contributed by atoms with Crippen molar-refractivity contribution >= 4 is 39.8 Å². The number of hydrogen-bond donors (Lipinski definition) is 0. The first kappa shape index (κ1) is 10.1. The van der Waals surface area contributed by atoms with Gasteiger partial charge < -0.3 is 0 Å². The van der Waals surface area contributed by atoms with Gasteiger partial charge in [-0.05, 0) is 29.8 Å².